The van der Waals surface area contributed by atoms with E-state index in [1.54, 1.807) is 20.8 Å². The minimum Gasteiger partial charge on any atom is -0.507 e. The van der Waals surface area contributed by atoms with E-state index in [2.05, 4.69) is 10.2 Å². The third kappa shape index (κ3) is 4.91. The van der Waals surface area contributed by atoms with Crippen LogP contribution in [0.2, 0.25) is 0 Å². The molecule has 9 nitrogen and oxygen atoms in total. The number of phenolic OH excluding ortho intramolecular Hbond substituents is 1. The average molecular weight is 386 g/mol. The first kappa shape index (κ1) is 20.6. The van der Waals surface area contributed by atoms with Gasteiger partial charge in [0, 0.05) is 0 Å². The second-order valence-corrected chi connectivity index (χ2v) is 6.71. The fraction of sp³-hybridized carbons (Fsp3) is 0.211. The van der Waals surface area contributed by atoms with Crippen molar-refractivity contribution >= 4 is 29.3 Å². The average Bonchev–Trinajstić information content (AvgIpc) is 2.58. The number of esters is 1. The van der Waals surface area contributed by atoms with Crippen molar-refractivity contribution in [2.45, 2.75) is 26.4 Å². The number of benzene rings is 2. The predicted molar refractivity (Wildman–Crippen MR) is 97.8 cm³/mol. The van der Waals surface area contributed by atoms with Crippen molar-refractivity contribution in [2.75, 3.05) is 0 Å². The molecule has 0 atom stereocenters. The van der Waals surface area contributed by atoms with E-state index < -0.39 is 34.6 Å². The fourth-order valence-electron chi connectivity index (χ4n) is 2.22. The van der Waals surface area contributed by atoms with Crippen molar-refractivity contribution in [1.82, 2.24) is 0 Å². The Morgan fingerprint density at radius 3 is 2.18 bits per heavy atom. The molecule has 0 radical (unpaired) electrons. The third-order valence-corrected chi connectivity index (χ3v) is 3.36. The molecule has 0 aliphatic carbocycles. The van der Waals surface area contributed by atoms with Crippen LogP contribution in [-0.2, 0) is 4.74 Å². The van der Waals surface area contributed by atoms with Gasteiger partial charge in [-0.15, -0.1) is 5.11 Å². The molecular formula is C19H18N2O7. The van der Waals surface area contributed by atoms with Crippen LogP contribution in [0.5, 0.6) is 5.75 Å². The molecule has 0 saturated carbocycles. The van der Waals surface area contributed by atoms with Crippen LogP contribution < -0.4 is 0 Å². The van der Waals surface area contributed by atoms with Crippen LogP contribution in [0.4, 0.5) is 11.4 Å². The molecule has 0 aliphatic heterocycles. The Balaban J connectivity index is 2.42. The first-order chi connectivity index (χ1) is 13.0. The Bertz CT molecular complexity index is 975. The van der Waals surface area contributed by atoms with Crippen molar-refractivity contribution in [3.63, 3.8) is 0 Å². The number of rotatable bonds is 5. The minimum atomic E-state index is -1.47. The summed E-state index contributed by atoms with van der Waals surface area (Å²) < 4.78 is 5.20. The van der Waals surface area contributed by atoms with Crippen LogP contribution >= 0.6 is 0 Å². The molecule has 0 heterocycles. The molecule has 2 aromatic carbocycles. The van der Waals surface area contributed by atoms with Crippen molar-refractivity contribution in [3.05, 3.63) is 53.1 Å². The number of aromatic hydroxyl groups is 1. The molecule has 0 saturated heterocycles. The van der Waals surface area contributed by atoms with Gasteiger partial charge in [-0.3, -0.25) is 0 Å². The van der Waals surface area contributed by atoms with E-state index in [0.717, 1.165) is 6.07 Å². The maximum Gasteiger partial charge on any atom is 0.342 e. The molecule has 0 amide bonds. The van der Waals surface area contributed by atoms with Gasteiger partial charge in [0.15, 0.2) is 0 Å². The van der Waals surface area contributed by atoms with Gasteiger partial charge in [0.05, 0.1) is 11.3 Å². The number of carbonyl (C=O) groups is 3. The number of hydrogen-bond donors (Lipinski definition) is 3. The maximum absolute atomic E-state index is 12.2. The molecule has 3 N–H and O–H groups in total. The van der Waals surface area contributed by atoms with Crippen molar-refractivity contribution < 1.29 is 34.4 Å². The summed E-state index contributed by atoms with van der Waals surface area (Å²) in [5.41, 5.74) is -1.87. The number of aromatic carboxylic acids is 2. The van der Waals surface area contributed by atoms with Crippen LogP contribution in [-0.4, -0.2) is 38.8 Å². The molecule has 0 fully saturated rings. The summed E-state index contributed by atoms with van der Waals surface area (Å²) in [5.74, 6) is -3.95. The number of carbonyl (C=O) groups excluding carboxylic acids is 1. The number of hydrogen-bond acceptors (Lipinski definition) is 7. The van der Waals surface area contributed by atoms with Gasteiger partial charge in [-0.1, -0.05) is 6.07 Å². The molecule has 9 heteroatoms. The molecule has 0 aliphatic rings. The molecule has 0 unspecified atom stereocenters. The standard InChI is InChI=1S/C19H18N2O7/c1-19(2,3)28-18(27)12-9-10(7-8-14(12)22)20-21-13-6-4-5-11(16(23)24)15(13)17(25)26/h4-9,22H,1-3H3,(H,23,24)(H,25,26). The monoisotopic (exact) mass is 386 g/mol. The Kier molecular flexibility index (Phi) is 5.78. The first-order valence-corrected chi connectivity index (χ1v) is 8.07. The number of ether oxygens (including phenoxy) is 1. The Morgan fingerprint density at radius 2 is 1.61 bits per heavy atom. The van der Waals surface area contributed by atoms with Gasteiger partial charge in [-0.25, -0.2) is 14.4 Å². The zero-order valence-electron chi connectivity index (χ0n) is 15.3. The summed E-state index contributed by atoms with van der Waals surface area (Å²) in [5, 5.41) is 36.0. The quantitative estimate of drug-likeness (QED) is 0.516. The van der Waals surface area contributed by atoms with Crippen molar-refractivity contribution in [2.24, 2.45) is 10.2 Å². The highest BCUT2D eigenvalue weighted by molar-refractivity contribution is 6.05. The highest BCUT2D eigenvalue weighted by atomic mass is 16.6. The van der Waals surface area contributed by atoms with E-state index in [4.69, 9.17) is 9.84 Å². The minimum absolute atomic E-state index is 0.135. The molecule has 0 bridgehead atoms. The molecule has 2 aromatic rings. The van der Waals surface area contributed by atoms with E-state index in [-0.39, 0.29) is 22.7 Å². The van der Waals surface area contributed by atoms with Crippen LogP contribution in [0, 0.1) is 0 Å². The van der Waals surface area contributed by atoms with Crippen LogP contribution in [0.3, 0.4) is 0 Å². The lowest BCUT2D eigenvalue weighted by atomic mass is 10.1. The van der Waals surface area contributed by atoms with Gasteiger partial charge in [-0.2, -0.15) is 5.11 Å². The van der Waals surface area contributed by atoms with E-state index >= 15 is 0 Å². The first-order valence-electron chi connectivity index (χ1n) is 8.07. The SMILES string of the molecule is CC(C)(C)OC(=O)c1cc(N=Nc2cccc(C(=O)O)c2C(=O)O)ccc1O. The second-order valence-electron chi connectivity index (χ2n) is 6.71. The Morgan fingerprint density at radius 1 is 0.929 bits per heavy atom. The number of phenols is 1. The van der Waals surface area contributed by atoms with Crippen molar-refractivity contribution in [1.29, 1.82) is 0 Å². The topological polar surface area (TPSA) is 146 Å². The lowest BCUT2D eigenvalue weighted by Crippen LogP contribution is -2.23. The number of carboxylic acids is 2. The summed E-state index contributed by atoms with van der Waals surface area (Å²) in [6.45, 7) is 5.02. The Labute approximate surface area is 159 Å². The summed E-state index contributed by atoms with van der Waals surface area (Å²) in [6.07, 6.45) is 0. The number of nitrogens with zero attached hydrogens (tertiary/aromatic N) is 2. The lowest BCUT2D eigenvalue weighted by molar-refractivity contribution is 0.00664. The lowest BCUT2D eigenvalue weighted by Gasteiger charge is -2.19. The van der Waals surface area contributed by atoms with Gasteiger partial charge in [0.25, 0.3) is 0 Å². The molecule has 2 rings (SSSR count). The molecular weight excluding hydrogens is 368 g/mol. The van der Waals surface area contributed by atoms with Gasteiger partial charge in [-0.05, 0) is 51.1 Å². The summed E-state index contributed by atoms with van der Waals surface area (Å²) in [6, 6.07) is 7.59. The maximum atomic E-state index is 12.2. The largest absolute Gasteiger partial charge is 0.507 e. The van der Waals surface area contributed by atoms with Gasteiger partial charge < -0.3 is 20.1 Å². The molecule has 28 heavy (non-hydrogen) atoms. The zero-order valence-corrected chi connectivity index (χ0v) is 15.3. The summed E-state index contributed by atoms with van der Waals surface area (Å²) in [4.78, 5) is 34.8. The second kappa shape index (κ2) is 7.87. The Hall–Kier alpha value is -3.75. The summed E-state index contributed by atoms with van der Waals surface area (Å²) >= 11 is 0. The van der Waals surface area contributed by atoms with Gasteiger partial charge in [0.2, 0.25) is 0 Å². The summed E-state index contributed by atoms with van der Waals surface area (Å²) in [7, 11) is 0. The molecule has 0 spiro atoms. The smallest absolute Gasteiger partial charge is 0.342 e. The van der Waals surface area contributed by atoms with E-state index in [1.165, 1.54) is 30.3 Å². The normalized spacial score (nSPS) is 11.4. The van der Waals surface area contributed by atoms with E-state index in [1.807, 2.05) is 0 Å². The van der Waals surface area contributed by atoms with Crippen LogP contribution in [0.15, 0.2) is 46.6 Å². The third-order valence-electron chi connectivity index (χ3n) is 3.36. The van der Waals surface area contributed by atoms with E-state index in [0.29, 0.717) is 0 Å². The predicted octanol–water partition coefficient (Wildman–Crippen LogP) is 4.16. The van der Waals surface area contributed by atoms with Crippen LogP contribution in [0.1, 0.15) is 51.8 Å². The van der Waals surface area contributed by atoms with Gasteiger partial charge in [0.1, 0.15) is 28.2 Å². The van der Waals surface area contributed by atoms with Gasteiger partial charge >= 0.3 is 17.9 Å². The number of azo groups is 1. The molecule has 146 valence electrons. The highest BCUT2D eigenvalue weighted by Gasteiger charge is 2.22. The number of carboxylic acid groups (broad SMARTS) is 2. The van der Waals surface area contributed by atoms with Crippen molar-refractivity contribution in [3.8, 4) is 5.75 Å². The fourth-order valence-corrected chi connectivity index (χ4v) is 2.22. The van der Waals surface area contributed by atoms with Crippen LogP contribution in [0.25, 0.3) is 0 Å². The molecule has 0 aromatic heterocycles. The highest BCUT2D eigenvalue weighted by Crippen LogP contribution is 2.29. The van der Waals surface area contributed by atoms with E-state index in [9.17, 15) is 24.6 Å². The zero-order chi connectivity index (χ0) is 21.1.